The van der Waals surface area contributed by atoms with Gasteiger partial charge in [0.2, 0.25) is 0 Å². The van der Waals surface area contributed by atoms with Crippen LogP contribution < -0.4 is 21.2 Å². The Morgan fingerprint density at radius 1 is 0.882 bits per heavy atom. The smallest absolute Gasteiger partial charge is 0.422 e. The Kier molecular flexibility index (Phi) is 3.84. The van der Waals surface area contributed by atoms with E-state index in [9.17, 15) is 0 Å². The molecular formula is C12H8IN2O2+. The SMILES string of the molecule is N#CCc1ccc([I+]c2ccc(CC#N)o2)o1. The summed E-state index contributed by atoms with van der Waals surface area (Å²) in [6.45, 7) is 0. The lowest BCUT2D eigenvalue weighted by atomic mass is 10.4. The summed E-state index contributed by atoms with van der Waals surface area (Å²) in [4.78, 5) is 0. The molecule has 0 saturated heterocycles. The molecule has 0 saturated carbocycles. The van der Waals surface area contributed by atoms with Crippen molar-refractivity contribution in [3.8, 4) is 12.1 Å². The predicted molar refractivity (Wildman–Crippen MR) is 53.4 cm³/mol. The molecule has 2 rings (SSSR count). The molecule has 0 spiro atoms. The van der Waals surface area contributed by atoms with Gasteiger partial charge in [0.1, 0.15) is 11.5 Å². The molecule has 0 atom stereocenters. The number of halogens is 1. The highest BCUT2D eigenvalue weighted by Gasteiger charge is 2.24. The molecule has 4 nitrogen and oxygen atoms in total. The van der Waals surface area contributed by atoms with Gasteiger partial charge in [-0.15, -0.1) is 0 Å². The highest BCUT2D eigenvalue weighted by Crippen LogP contribution is 2.01. The zero-order valence-corrected chi connectivity index (χ0v) is 11.0. The first-order valence-electron chi connectivity index (χ1n) is 4.88. The van der Waals surface area contributed by atoms with Gasteiger partial charge in [-0.25, -0.2) is 0 Å². The van der Waals surface area contributed by atoms with Crippen LogP contribution in [-0.4, -0.2) is 0 Å². The van der Waals surface area contributed by atoms with Crippen molar-refractivity contribution >= 4 is 0 Å². The predicted octanol–water partition coefficient (Wildman–Crippen LogP) is -0.867. The summed E-state index contributed by atoms with van der Waals surface area (Å²) < 4.78 is 12.7. The number of nitrogens with zero attached hydrogens (tertiary/aromatic N) is 2. The van der Waals surface area contributed by atoms with Crippen LogP contribution in [0.5, 0.6) is 0 Å². The zero-order chi connectivity index (χ0) is 12.1. The lowest BCUT2D eigenvalue weighted by Gasteiger charge is -1.81. The first kappa shape index (κ1) is 11.7. The number of hydrogen-bond acceptors (Lipinski definition) is 4. The van der Waals surface area contributed by atoms with Crippen LogP contribution in [-0.2, 0) is 12.8 Å². The van der Waals surface area contributed by atoms with Gasteiger partial charge in [0.05, 0.1) is 25.0 Å². The second-order valence-electron chi connectivity index (χ2n) is 3.18. The fourth-order valence-electron chi connectivity index (χ4n) is 1.24. The van der Waals surface area contributed by atoms with Gasteiger partial charge < -0.3 is 8.83 Å². The average molecular weight is 339 g/mol. The Balaban J connectivity index is 2.04. The van der Waals surface area contributed by atoms with Crippen LogP contribution in [0, 0.1) is 30.2 Å². The van der Waals surface area contributed by atoms with Crippen molar-refractivity contribution < 1.29 is 30.0 Å². The Labute approximate surface area is 109 Å². The van der Waals surface area contributed by atoms with E-state index in [0.29, 0.717) is 24.4 Å². The van der Waals surface area contributed by atoms with Crippen LogP contribution in [0.25, 0.3) is 0 Å². The third kappa shape index (κ3) is 3.11. The van der Waals surface area contributed by atoms with Crippen molar-refractivity contribution in [1.29, 1.82) is 10.5 Å². The van der Waals surface area contributed by atoms with Crippen LogP contribution in [0.2, 0.25) is 0 Å². The average Bonchev–Trinajstić information content (AvgIpc) is 2.91. The third-order valence-electron chi connectivity index (χ3n) is 1.95. The van der Waals surface area contributed by atoms with E-state index in [1.807, 2.05) is 36.4 Å². The van der Waals surface area contributed by atoms with Crippen LogP contribution in [0.4, 0.5) is 0 Å². The molecule has 2 heterocycles. The van der Waals surface area contributed by atoms with E-state index >= 15 is 0 Å². The van der Waals surface area contributed by atoms with Gasteiger partial charge in [-0.3, -0.25) is 0 Å². The Morgan fingerprint density at radius 3 is 1.76 bits per heavy atom. The maximum Gasteiger partial charge on any atom is 0.442 e. The molecule has 0 N–H and O–H groups in total. The molecule has 0 aliphatic carbocycles. The van der Waals surface area contributed by atoms with Crippen molar-refractivity contribution in [1.82, 2.24) is 0 Å². The van der Waals surface area contributed by atoms with Gasteiger partial charge in [-0.05, 0) is 12.1 Å². The van der Waals surface area contributed by atoms with Crippen LogP contribution in [0.1, 0.15) is 11.5 Å². The van der Waals surface area contributed by atoms with Crippen molar-refractivity contribution in [2.75, 3.05) is 0 Å². The molecule has 0 unspecified atom stereocenters. The van der Waals surface area contributed by atoms with Gasteiger partial charge in [-0.2, -0.15) is 10.5 Å². The molecule has 17 heavy (non-hydrogen) atoms. The minimum Gasteiger partial charge on any atom is -0.422 e. The van der Waals surface area contributed by atoms with Crippen molar-refractivity contribution in [2.24, 2.45) is 0 Å². The van der Waals surface area contributed by atoms with Gasteiger partial charge in [0.25, 0.3) is 0 Å². The number of nitriles is 2. The highest BCUT2D eigenvalue weighted by atomic mass is 127. The molecule has 2 aromatic rings. The lowest BCUT2D eigenvalue weighted by molar-refractivity contribution is -0.636. The second-order valence-corrected chi connectivity index (χ2v) is 5.84. The summed E-state index contributed by atoms with van der Waals surface area (Å²) in [7, 11) is 0. The van der Waals surface area contributed by atoms with E-state index in [1.165, 1.54) is 0 Å². The van der Waals surface area contributed by atoms with E-state index in [2.05, 4.69) is 0 Å². The van der Waals surface area contributed by atoms with Crippen LogP contribution in [0.3, 0.4) is 0 Å². The minimum absolute atomic E-state index is 0.293. The molecule has 0 aliphatic rings. The maximum atomic E-state index is 8.53. The molecule has 0 amide bonds. The van der Waals surface area contributed by atoms with Crippen LogP contribution in [0.15, 0.2) is 33.1 Å². The fraction of sp³-hybridized carbons (Fsp3) is 0.167. The highest BCUT2D eigenvalue weighted by molar-refractivity contribution is 5.04. The monoisotopic (exact) mass is 339 g/mol. The van der Waals surface area contributed by atoms with E-state index in [-0.39, 0.29) is 0 Å². The molecule has 0 aliphatic heterocycles. The molecule has 2 aromatic heterocycles. The maximum absolute atomic E-state index is 8.53. The number of furan rings is 2. The van der Waals surface area contributed by atoms with Crippen LogP contribution >= 0.6 is 0 Å². The summed E-state index contributed by atoms with van der Waals surface area (Å²) in [6, 6.07) is 11.5. The van der Waals surface area contributed by atoms with Gasteiger partial charge in [-0.1, -0.05) is 0 Å². The topological polar surface area (TPSA) is 73.9 Å². The fourth-order valence-corrected chi connectivity index (χ4v) is 3.27. The molecule has 5 heteroatoms. The summed E-state index contributed by atoms with van der Waals surface area (Å²) in [5.74, 6) is 1.37. The Bertz CT molecular complexity index is 534. The van der Waals surface area contributed by atoms with Crippen molar-refractivity contribution in [3.63, 3.8) is 0 Å². The minimum atomic E-state index is -0.505. The molecule has 0 fully saturated rings. The van der Waals surface area contributed by atoms with E-state index in [1.54, 1.807) is 0 Å². The normalized spacial score (nSPS) is 9.76. The molecule has 0 bridgehead atoms. The summed E-state index contributed by atoms with van der Waals surface area (Å²) in [6.07, 6.45) is 0.586. The largest absolute Gasteiger partial charge is 0.442 e. The molecular weight excluding hydrogens is 331 g/mol. The van der Waals surface area contributed by atoms with Gasteiger partial charge in [0.15, 0.2) is 0 Å². The number of hydrogen-bond donors (Lipinski definition) is 0. The summed E-state index contributed by atoms with van der Waals surface area (Å²) in [5.41, 5.74) is 0. The first-order valence-corrected chi connectivity index (χ1v) is 7.03. The Morgan fingerprint density at radius 2 is 1.35 bits per heavy atom. The van der Waals surface area contributed by atoms with Gasteiger partial charge in [0, 0.05) is 12.1 Å². The number of rotatable bonds is 4. The lowest BCUT2D eigenvalue weighted by Crippen LogP contribution is -3.61. The van der Waals surface area contributed by atoms with Gasteiger partial charge >= 0.3 is 28.7 Å². The standard InChI is InChI=1S/C12H8IN2O2/c14-7-5-9-1-3-11(16-9)13-12-4-2-10(17-12)6-8-15/h1-4H,5-6H2/q+1. The summed E-state index contributed by atoms with van der Waals surface area (Å²) >= 11 is -0.505. The third-order valence-corrected chi connectivity index (χ3v) is 4.17. The molecule has 0 aromatic carbocycles. The molecule has 84 valence electrons. The summed E-state index contributed by atoms with van der Waals surface area (Å²) in [5, 5.41) is 17.1. The first-order chi connectivity index (χ1) is 8.31. The zero-order valence-electron chi connectivity index (χ0n) is 8.81. The van der Waals surface area contributed by atoms with E-state index < -0.39 is 21.2 Å². The molecule has 0 radical (unpaired) electrons. The van der Waals surface area contributed by atoms with Crippen molar-refractivity contribution in [2.45, 2.75) is 12.8 Å². The second kappa shape index (κ2) is 5.55. The van der Waals surface area contributed by atoms with E-state index in [4.69, 9.17) is 19.4 Å². The van der Waals surface area contributed by atoms with Crippen molar-refractivity contribution in [3.05, 3.63) is 43.3 Å². The van der Waals surface area contributed by atoms with E-state index in [0.717, 1.165) is 7.53 Å². The quantitative estimate of drug-likeness (QED) is 0.679. The Hall–Kier alpha value is -1.73.